The molecule has 2 aliphatic rings. The van der Waals surface area contributed by atoms with Crippen molar-refractivity contribution in [2.75, 3.05) is 38.5 Å². The molecule has 1 aromatic carbocycles. The number of rotatable bonds is 2. The fourth-order valence-corrected chi connectivity index (χ4v) is 3.75. The fourth-order valence-electron chi connectivity index (χ4n) is 3.75. The van der Waals surface area contributed by atoms with Crippen LogP contribution in [0.3, 0.4) is 0 Å². The summed E-state index contributed by atoms with van der Waals surface area (Å²) in [6.07, 6.45) is -4.63. The van der Waals surface area contributed by atoms with Crippen LogP contribution in [-0.4, -0.2) is 64.9 Å². The van der Waals surface area contributed by atoms with E-state index in [2.05, 4.69) is 15.3 Å². The molecule has 2 atom stereocenters. The molecule has 150 valence electrons. The predicted molar refractivity (Wildman–Crippen MR) is 98.1 cm³/mol. The smallest absolute Gasteiger partial charge is 0.363 e. The molecule has 2 aliphatic heterocycles. The summed E-state index contributed by atoms with van der Waals surface area (Å²) >= 11 is 0. The number of hydrogen-bond acceptors (Lipinski definition) is 4. The summed E-state index contributed by atoms with van der Waals surface area (Å²) in [5.41, 5.74) is 0.825. The lowest BCUT2D eigenvalue weighted by Gasteiger charge is -2.33. The number of alkyl halides is 3. The number of hydrogen-bond donors (Lipinski definition) is 1. The summed E-state index contributed by atoms with van der Waals surface area (Å²) < 4.78 is 42.1. The molecule has 1 saturated heterocycles. The van der Waals surface area contributed by atoms with Crippen LogP contribution in [0, 0.1) is 0 Å². The van der Waals surface area contributed by atoms with E-state index < -0.39 is 18.3 Å². The largest absolute Gasteiger partial charge is 0.410 e. The lowest BCUT2D eigenvalue weighted by Crippen LogP contribution is -2.47. The van der Waals surface area contributed by atoms with Crippen LogP contribution in [0.1, 0.15) is 34.6 Å². The summed E-state index contributed by atoms with van der Waals surface area (Å²) in [5, 5.41) is 7.17. The minimum absolute atomic E-state index is 0.0509. The topological polar surface area (TPSA) is 53.4 Å². The van der Waals surface area contributed by atoms with Gasteiger partial charge in [0.15, 0.2) is 11.7 Å². The second-order valence-electron chi connectivity index (χ2n) is 7.36. The number of aromatic nitrogens is 2. The molecule has 6 nitrogen and oxygen atoms in total. The van der Waals surface area contributed by atoms with Crippen molar-refractivity contribution in [1.82, 2.24) is 19.6 Å². The number of amides is 1. The van der Waals surface area contributed by atoms with Gasteiger partial charge in [-0.2, -0.15) is 18.3 Å². The third kappa shape index (κ3) is 3.58. The molecular formula is C19H22F3N5O. The first kappa shape index (κ1) is 18.8. The van der Waals surface area contributed by atoms with Crippen molar-refractivity contribution < 1.29 is 18.0 Å². The van der Waals surface area contributed by atoms with E-state index in [4.69, 9.17) is 0 Å². The Labute approximate surface area is 160 Å². The van der Waals surface area contributed by atoms with Crippen molar-refractivity contribution in [2.24, 2.45) is 0 Å². The van der Waals surface area contributed by atoms with Crippen LogP contribution >= 0.6 is 0 Å². The van der Waals surface area contributed by atoms with E-state index in [0.717, 1.165) is 23.3 Å². The fraction of sp³-hybridized carbons (Fsp3) is 0.474. The molecule has 2 unspecified atom stereocenters. The SMILES string of the molecule is CN1CCN(C(=O)c2cc3n(n2)C(C(F)(F)F)CC(c2ccccc2)N3)CC1. The van der Waals surface area contributed by atoms with Gasteiger partial charge < -0.3 is 15.1 Å². The zero-order valence-electron chi connectivity index (χ0n) is 15.5. The maximum atomic E-state index is 13.7. The lowest BCUT2D eigenvalue weighted by molar-refractivity contribution is -0.173. The molecule has 0 bridgehead atoms. The van der Waals surface area contributed by atoms with Crippen molar-refractivity contribution in [3.63, 3.8) is 0 Å². The summed E-state index contributed by atoms with van der Waals surface area (Å²) in [7, 11) is 1.97. The number of carbonyl (C=O) groups is 1. The molecule has 1 N–H and O–H groups in total. The molecule has 9 heteroatoms. The van der Waals surface area contributed by atoms with Gasteiger partial charge in [-0.15, -0.1) is 0 Å². The van der Waals surface area contributed by atoms with Crippen LogP contribution in [0.15, 0.2) is 36.4 Å². The number of nitrogens with one attached hydrogen (secondary N) is 1. The molecule has 0 radical (unpaired) electrons. The Hall–Kier alpha value is -2.55. The summed E-state index contributed by atoms with van der Waals surface area (Å²) in [6, 6.07) is 8.19. The minimum atomic E-state index is -4.45. The molecule has 0 saturated carbocycles. The van der Waals surface area contributed by atoms with Gasteiger partial charge in [0.25, 0.3) is 5.91 Å². The van der Waals surface area contributed by atoms with Crippen LogP contribution in [0.2, 0.25) is 0 Å². The number of carbonyl (C=O) groups excluding carboxylic acids is 1. The van der Waals surface area contributed by atoms with Crippen molar-refractivity contribution in [3.8, 4) is 0 Å². The van der Waals surface area contributed by atoms with Crippen LogP contribution in [-0.2, 0) is 0 Å². The number of halogens is 3. The van der Waals surface area contributed by atoms with Gasteiger partial charge in [0.05, 0.1) is 6.04 Å². The number of likely N-dealkylation sites (N-methyl/N-ethyl adjacent to an activating group) is 1. The Balaban J connectivity index is 1.63. The predicted octanol–water partition coefficient (Wildman–Crippen LogP) is 2.93. The van der Waals surface area contributed by atoms with E-state index in [9.17, 15) is 18.0 Å². The van der Waals surface area contributed by atoms with Gasteiger partial charge >= 0.3 is 6.18 Å². The highest BCUT2D eigenvalue weighted by molar-refractivity contribution is 5.93. The summed E-state index contributed by atoms with van der Waals surface area (Å²) in [6.45, 7) is 2.55. The molecule has 1 aromatic heterocycles. The maximum Gasteiger partial charge on any atom is 0.410 e. The highest BCUT2D eigenvalue weighted by Crippen LogP contribution is 2.43. The number of benzene rings is 1. The van der Waals surface area contributed by atoms with E-state index in [1.165, 1.54) is 6.07 Å². The Kier molecular flexibility index (Phi) is 4.78. The first-order chi connectivity index (χ1) is 13.3. The monoisotopic (exact) mass is 393 g/mol. The van der Waals surface area contributed by atoms with Crippen LogP contribution in [0.4, 0.5) is 19.0 Å². The van der Waals surface area contributed by atoms with E-state index in [1.807, 2.05) is 13.1 Å². The molecule has 28 heavy (non-hydrogen) atoms. The van der Waals surface area contributed by atoms with Crippen LogP contribution < -0.4 is 5.32 Å². The summed E-state index contributed by atoms with van der Waals surface area (Å²) in [4.78, 5) is 16.5. The normalized spacial score (nSPS) is 23.2. The number of piperazine rings is 1. The van der Waals surface area contributed by atoms with Crippen molar-refractivity contribution >= 4 is 11.7 Å². The zero-order chi connectivity index (χ0) is 19.9. The van der Waals surface area contributed by atoms with Gasteiger partial charge in [0, 0.05) is 38.7 Å². The number of fused-ring (bicyclic) bond motifs is 1. The van der Waals surface area contributed by atoms with Crippen molar-refractivity contribution in [1.29, 1.82) is 0 Å². The van der Waals surface area contributed by atoms with Gasteiger partial charge in [0.1, 0.15) is 5.82 Å². The Morgan fingerprint density at radius 1 is 1.14 bits per heavy atom. The van der Waals surface area contributed by atoms with Crippen LogP contribution in [0.25, 0.3) is 0 Å². The van der Waals surface area contributed by atoms with Gasteiger partial charge in [0.2, 0.25) is 0 Å². The van der Waals surface area contributed by atoms with Crippen LogP contribution in [0.5, 0.6) is 0 Å². The molecule has 0 spiro atoms. The Morgan fingerprint density at radius 2 is 1.82 bits per heavy atom. The molecule has 4 rings (SSSR count). The average Bonchev–Trinajstić information content (AvgIpc) is 3.11. The highest BCUT2D eigenvalue weighted by atomic mass is 19.4. The number of anilines is 1. The van der Waals surface area contributed by atoms with Gasteiger partial charge in [-0.25, -0.2) is 4.68 Å². The quantitative estimate of drug-likeness (QED) is 0.853. The van der Waals surface area contributed by atoms with E-state index >= 15 is 0 Å². The maximum absolute atomic E-state index is 13.7. The van der Waals surface area contributed by atoms with E-state index in [0.29, 0.717) is 13.1 Å². The van der Waals surface area contributed by atoms with E-state index in [1.54, 1.807) is 29.2 Å². The van der Waals surface area contributed by atoms with Crippen molar-refractivity contribution in [3.05, 3.63) is 47.7 Å². The Bertz CT molecular complexity index is 843. The first-order valence-corrected chi connectivity index (χ1v) is 9.28. The van der Waals surface area contributed by atoms with Gasteiger partial charge in [-0.3, -0.25) is 4.79 Å². The van der Waals surface area contributed by atoms with E-state index in [-0.39, 0.29) is 23.8 Å². The second kappa shape index (κ2) is 7.12. The Morgan fingerprint density at radius 3 is 2.46 bits per heavy atom. The molecular weight excluding hydrogens is 371 g/mol. The molecule has 2 aromatic rings. The number of nitrogens with zero attached hydrogens (tertiary/aromatic N) is 4. The van der Waals surface area contributed by atoms with Gasteiger partial charge in [-0.05, 0) is 12.6 Å². The molecule has 0 aliphatic carbocycles. The molecule has 3 heterocycles. The summed E-state index contributed by atoms with van der Waals surface area (Å²) in [5.74, 6) is -0.103. The molecule has 1 fully saturated rings. The zero-order valence-corrected chi connectivity index (χ0v) is 15.5. The average molecular weight is 393 g/mol. The lowest BCUT2D eigenvalue weighted by atomic mass is 9.97. The van der Waals surface area contributed by atoms with Crippen molar-refractivity contribution in [2.45, 2.75) is 24.7 Å². The highest BCUT2D eigenvalue weighted by Gasteiger charge is 2.47. The first-order valence-electron chi connectivity index (χ1n) is 9.28. The third-order valence-electron chi connectivity index (χ3n) is 5.40. The van der Waals surface area contributed by atoms with Gasteiger partial charge in [-0.1, -0.05) is 30.3 Å². The second-order valence-corrected chi connectivity index (χ2v) is 7.36. The standard InChI is InChI=1S/C19H22F3N5O/c1-25-7-9-26(10-8-25)18(28)15-12-17-23-14(13-5-3-2-4-6-13)11-16(19(20,21)22)27(17)24-15/h2-6,12,14,16,23H,7-11H2,1H3. The third-order valence-corrected chi connectivity index (χ3v) is 5.40. The minimum Gasteiger partial charge on any atom is -0.363 e. The molecule has 1 amide bonds.